The van der Waals surface area contributed by atoms with Crippen molar-refractivity contribution in [2.24, 2.45) is 0 Å². The molecule has 1 aromatic rings. The van der Waals surface area contributed by atoms with Crippen molar-refractivity contribution in [2.45, 2.75) is 25.7 Å². The highest BCUT2D eigenvalue weighted by Crippen LogP contribution is 2.20. The molecule has 0 aliphatic rings. The molecule has 0 aromatic heterocycles. The van der Waals surface area contributed by atoms with E-state index in [4.69, 9.17) is 5.11 Å². The molecule has 0 unspecified atom stereocenters. The summed E-state index contributed by atoms with van der Waals surface area (Å²) < 4.78 is 9.32. The quantitative estimate of drug-likeness (QED) is 0.542. The normalized spacial score (nSPS) is 9.86. The van der Waals surface area contributed by atoms with Crippen molar-refractivity contribution < 1.29 is 33.8 Å². The average molecular weight is 308 g/mol. The highest BCUT2D eigenvalue weighted by molar-refractivity contribution is 5.93. The zero-order valence-electron chi connectivity index (χ0n) is 12.0. The topological polar surface area (TPSA) is 107 Å². The lowest BCUT2D eigenvalue weighted by molar-refractivity contribution is -0.137. The van der Waals surface area contributed by atoms with Gasteiger partial charge in [-0.1, -0.05) is 0 Å². The molecule has 0 atom stereocenters. The lowest BCUT2D eigenvalue weighted by Gasteiger charge is -2.09. The summed E-state index contributed by atoms with van der Waals surface area (Å²) in [6.07, 6.45) is 0.155. The van der Waals surface area contributed by atoms with Crippen LogP contribution in [0, 0.1) is 0 Å². The number of carboxylic acid groups (broad SMARTS) is 1. The molecule has 0 heterocycles. The van der Waals surface area contributed by atoms with Crippen molar-refractivity contribution in [3.63, 3.8) is 0 Å². The number of hydrogen-bond acceptors (Lipinski definition) is 6. The maximum Gasteiger partial charge on any atom is 0.338 e. The Labute approximate surface area is 126 Å². The van der Waals surface area contributed by atoms with Gasteiger partial charge in [0.2, 0.25) is 0 Å². The zero-order chi connectivity index (χ0) is 16.5. The predicted molar refractivity (Wildman–Crippen MR) is 74.7 cm³/mol. The Hall–Kier alpha value is -2.70. The Balaban J connectivity index is 2.86. The van der Waals surface area contributed by atoms with Gasteiger partial charge in [-0.2, -0.15) is 0 Å². The van der Waals surface area contributed by atoms with E-state index < -0.39 is 11.9 Å². The third-order valence-electron chi connectivity index (χ3n) is 2.90. The number of Topliss-reactive ketones (excluding diaryl/α,β-unsaturated/α-hetero) is 1. The van der Waals surface area contributed by atoms with Gasteiger partial charge in [-0.15, -0.1) is 0 Å². The van der Waals surface area contributed by atoms with Gasteiger partial charge in [0.1, 0.15) is 11.5 Å². The van der Waals surface area contributed by atoms with Crippen LogP contribution >= 0.6 is 0 Å². The summed E-state index contributed by atoms with van der Waals surface area (Å²) in [6, 6.07) is 4.24. The van der Waals surface area contributed by atoms with Gasteiger partial charge < -0.3 is 14.6 Å². The Bertz CT molecular complexity index is 577. The molecule has 0 bridgehead atoms. The van der Waals surface area contributed by atoms with E-state index in [1.807, 2.05) is 0 Å². The molecular formula is C15H16O7. The molecule has 118 valence electrons. The van der Waals surface area contributed by atoms with Gasteiger partial charge in [-0.05, 0) is 30.2 Å². The molecule has 1 rings (SSSR count). The van der Waals surface area contributed by atoms with E-state index in [0.29, 0.717) is 5.56 Å². The Morgan fingerprint density at radius 1 is 1.23 bits per heavy atom. The molecule has 0 fully saturated rings. The first kappa shape index (κ1) is 17.4. The fraction of sp³-hybridized carbons (Fsp3) is 0.333. The van der Waals surface area contributed by atoms with Crippen molar-refractivity contribution in [1.29, 1.82) is 0 Å². The van der Waals surface area contributed by atoms with Crippen molar-refractivity contribution in [3.8, 4) is 5.75 Å². The van der Waals surface area contributed by atoms with Crippen molar-refractivity contribution >= 4 is 24.2 Å². The molecule has 0 amide bonds. The molecule has 0 aliphatic heterocycles. The number of ketones is 1. The minimum Gasteiger partial charge on any atom is -0.481 e. The second-order valence-corrected chi connectivity index (χ2v) is 4.49. The zero-order valence-corrected chi connectivity index (χ0v) is 12.0. The first-order valence-electron chi connectivity index (χ1n) is 6.53. The molecule has 0 radical (unpaired) electrons. The van der Waals surface area contributed by atoms with Crippen molar-refractivity contribution in [1.82, 2.24) is 0 Å². The lowest BCUT2D eigenvalue weighted by Crippen LogP contribution is -2.11. The van der Waals surface area contributed by atoms with Gasteiger partial charge in [0, 0.05) is 19.3 Å². The van der Waals surface area contributed by atoms with Crippen LogP contribution in [-0.4, -0.2) is 36.4 Å². The molecule has 1 N–H and O–H groups in total. The number of methoxy groups -OCH3 is 1. The van der Waals surface area contributed by atoms with Gasteiger partial charge in [0.05, 0.1) is 12.7 Å². The summed E-state index contributed by atoms with van der Waals surface area (Å²) in [4.78, 5) is 44.3. The van der Waals surface area contributed by atoms with Crippen LogP contribution in [0.25, 0.3) is 0 Å². The van der Waals surface area contributed by atoms with E-state index >= 15 is 0 Å². The summed E-state index contributed by atoms with van der Waals surface area (Å²) in [6.45, 7) is 0.242. The van der Waals surface area contributed by atoms with Crippen LogP contribution in [0.15, 0.2) is 18.2 Å². The number of ether oxygens (including phenoxy) is 2. The van der Waals surface area contributed by atoms with Gasteiger partial charge in [-0.3, -0.25) is 14.4 Å². The van der Waals surface area contributed by atoms with Crippen LogP contribution < -0.4 is 4.74 Å². The van der Waals surface area contributed by atoms with Gasteiger partial charge >= 0.3 is 11.9 Å². The number of esters is 1. The van der Waals surface area contributed by atoms with Gasteiger partial charge in [0.25, 0.3) is 6.47 Å². The van der Waals surface area contributed by atoms with Crippen molar-refractivity contribution in [2.75, 3.05) is 7.11 Å². The number of carbonyl (C=O) groups excluding carboxylic acids is 3. The van der Waals surface area contributed by atoms with Crippen LogP contribution in [0.5, 0.6) is 5.75 Å². The maximum atomic E-state index is 11.9. The summed E-state index contributed by atoms with van der Waals surface area (Å²) in [7, 11) is 1.22. The molecule has 0 aliphatic carbocycles. The van der Waals surface area contributed by atoms with Crippen LogP contribution in [0.1, 0.15) is 35.2 Å². The smallest absolute Gasteiger partial charge is 0.338 e. The van der Waals surface area contributed by atoms with E-state index in [-0.39, 0.29) is 49.3 Å². The molecule has 7 nitrogen and oxygen atoms in total. The first-order valence-corrected chi connectivity index (χ1v) is 6.53. The average Bonchev–Trinajstić information content (AvgIpc) is 2.46. The van der Waals surface area contributed by atoms with Crippen LogP contribution in [-0.2, 0) is 25.5 Å². The van der Waals surface area contributed by atoms with Crippen LogP contribution in [0.4, 0.5) is 0 Å². The second-order valence-electron chi connectivity index (χ2n) is 4.49. The van der Waals surface area contributed by atoms with Crippen LogP contribution in [0.2, 0.25) is 0 Å². The number of benzene rings is 1. The highest BCUT2D eigenvalue weighted by Gasteiger charge is 2.16. The van der Waals surface area contributed by atoms with Crippen molar-refractivity contribution in [3.05, 3.63) is 29.3 Å². The van der Waals surface area contributed by atoms with E-state index in [1.165, 1.54) is 25.3 Å². The lowest BCUT2D eigenvalue weighted by atomic mass is 9.99. The van der Waals surface area contributed by atoms with E-state index in [2.05, 4.69) is 9.47 Å². The Morgan fingerprint density at radius 2 is 1.95 bits per heavy atom. The van der Waals surface area contributed by atoms with E-state index in [9.17, 15) is 19.2 Å². The first-order chi connectivity index (χ1) is 10.5. The number of carboxylic acids is 1. The number of aliphatic carboxylic acids is 1. The fourth-order valence-corrected chi connectivity index (χ4v) is 1.89. The van der Waals surface area contributed by atoms with E-state index in [0.717, 1.165) is 0 Å². The fourth-order valence-electron chi connectivity index (χ4n) is 1.89. The predicted octanol–water partition coefficient (Wildman–Crippen LogP) is 1.37. The summed E-state index contributed by atoms with van der Waals surface area (Å²) >= 11 is 0. The summed E-state index contributed by atoms with van der Waals surface area (Å²) in [5, 5.41) is 8.54. The molecular weight excluding hydrogens is 292 g/mol. The molecule has 22 heavy (non-hydrogen) atoms. The number of hydrogen-bond donors (Lipinski definition) is 1. The molecule has 7 heteroatoms. The minimum absolute atomic E-state index is 0.0693. The van der Waals surface area contributed by atoms with E-state index in [1.54, 1.807) is 0 Å². The Morgan fingerprint density at radius 3 is 2.55 bits per heavy atom. The number of rotatable bonds is 9. The molecule has 0 saturated heterocycles. The largest absolute Gasteiger partial charge is 0.481 e. The monoisotopic (exact) mass is 308 g/mol. The molecule has 0 spiro atoms. The SMILES string of the molecule is COC(=O)c1ccc(OC=O)cc1CC(=O)CCCC(=O)O. The highest BCUT2D eigenvalue weighted by atomic mass is 16.5. The third kappa shape index (κ3) is 5.35. The second kappa shape index (κ2) is 8.56. The molecule has 0 saturated carbocycles. The van der Waals surface area contributed by atoms with Gasteiger partial charge in [-0.25, -0.2) is 4.79 Å². The van der Waals surface area contributed by atoms with Gasteiger partial charge in [0.15, 0.2) is 0 Å². The maximum absolute atomic E-state index is 11.9. The molecule has 1 aromatic carbocycles. The minimum atomic E-state index is -0.968. The Kier molecular flexibility index (Phi) is 6.75. The van der Waals surface area contributed by atoms with Crippen LogP contribution in [0.3, 0.4) is 0 Å². The summed E-state index contributed by atoms with van der Waals surface area (Å²) in [5.74, 6) is -1.58. The number of carbonyl (C=O) groups is 4. The third-order valence-corrected chi connectivity index (χ3v) is 2.90. The summed E-state index contributed by atoms with van der Waals surface area (Å²) in [5.41, 5.74) is 0.568. The standard InChI is InChI=1S/C15H16O7/c1-21-15(20)13-6-5-12(22-9-16)8-10(13)7-11(17)3-2-4-14(18)19/h5-6,8-9H,2-4,7H2,1H3,(H,18,19).